The van der Waals surface area contributed by atoms with Gasteiger partial charge in [0, 0.05) is 43.6 Å². The molecule has 0 aliphatic heterocycles. The first-order valence-corrected chi connectivity index (χ1v) is 15.9. The maximum Gasteiger partial charge on any atom is 0.433 e. The summed E-state index contributed by atoms with van der Waals surface area (Å²) in [5.41, 5.74) is 0.382. The Labute approximate surface area is 260 Å². The highest BCUT2D eigenvalue weighted by atomic mass is 19.4. The molecule has 2 aromatic carbocycles. The normalized spacial score (nSPS) is 21.6. The first-order chi connectivity index (χ1) is 21.6. The highest BCUT2D eigenvalue weighted by Crippen LogP contribution is 2.49. The van der Waals surface area contributed by atoms with E-state index in [4.69, 9.17) is 9.97 Å². The fourth-order valence-electron chi connectivity index (χ4n) is 7.17. The number of para-hydroxylation sites is 1. The summed E-state index contributed by atoms with van der Waals surface area (Å²) in [6, 6.07) is 13.1. The summed E-state index contributed by atoms with van der Waals surface area (Å²) in [6.45, 7) is 0. The minimum atomic E-state index is -4.58. The second-order valence-corrected chi connectivity index (χ2v) is 13.1. The van der Waals surface area contributed by atoms with E-state index in [1.54, 1.807) is 0 Å². The number of anilines is 1. The Bertz CT molecular complexity index is 1640. The van der Waals surface area contributed by atoms with Crippen molar-refractivity contribution in [2.45, 2.75) is 70.4 Å². The van der Waals surface area contributed by atoms with Crippen LogP contribution in [-0.2, 0) is 19.0 Å². The molecule has 2 heterocycles. The molecule has 0 amide bonds. The Balaban J connectivity index is 0.977. The van der Waals surface area contributed by atoms with E-state index in [9.17, 15) is 23.3 Å². The molecule has 4 aromatic rings. The number of fused-ring (bicyclic) bond motifs is 1. The number of rotatable bonds is 11. The van der Waals surface area contributed by atoms with Gasteiger partial charge in [0.15, 0.2) is 5.69 Å². The van der Waals surface area contributed by atoms with Gasteiger partial charge in [-0.1, -0.05) is 44.2 Å². The zero-order chi connectivity index (χ0) is 31.7. The summed E-state index contributed by atoms with van der Waals surface area (Å²) in [5, 5.41) is 16.1. The van der Waals surface area contributed by atoms with Gasteiger partial charge in [-0.3, -0.25) is 10.1 Å². The van der Waals surface area contributed by atoms with Gasteiger partial charge in [0.1, 0.15) is 11.6 Å². The fraction of sp³-hybridized carbons (Fsp3) is 0.500. The summed E-state index contributed by atoms with van der Waals surface area (Å²) in [6.07, 6.45) is 7.06. The molecule has 2 aliphatic rings. The summed E-state index contributed by atoms with van der Waals surface area (Å²) in [4.78, 5) is 22.1. The Kier molecular flexibility index (Phi) is 8.79. The van der Waals surface area contributed by atoms with E-state index in [2.05, 4.69) is 11.2 Å². The number of benzene rings is 2. The number of aromatic nitrogens is 4. The molecule has 238 valence electrons. The molecule has 2 atom stereocenters. The quantitative estimate of drug-likeness (QED) is 0.124. The standard InChI is InChI=1S/C34H39F3N6O2/c1-41(2)33-29-7-3-4-8-30(29)39-31(40-33)9-5-6-22-10-12-23(13-11-22)18-24-19-25(24)20-26-21-38-42(32(26)34(35,36)37)27-14-16-28(17-15-27)43(44)45/h3-4,7-8,14-17,21-25H,5-6,9-13,18-20H2,1-2H3. The second kappa shape index (κ2) is 12.8. The predicted octanol–water partition coefficient (Wildman–Crippen LogP) is 8.21. The lowest BCUT2D eigenvalue weighted by Gasteiger charge is -2.28. The maximum absolute atomic E-state index is 14.1. The zero-order valence-electron chi connectivity index (χ0n) is 25.7. The topological polar surface area (TPSA) is 90.0 Å². The highest BCUT2D eigenvalue weighted by molar-refractivity contribution is 5.89. The molecular formula is C34H39F3N6O2. The lowest BCUT2D eigenvalue weighted by atomic mass is 9.77. The minimum Gasteiger partial charge on any atom is -0.362 e. The molecular weight excluding hydrogens is 581 g/mol. The van der Waals surface area contributed by atoms with Crippen molar-refractivity contribution in [3.05, 3.63) is 81.9 Å². The molecule has 6 rings (SSSR count). The molecule has 8 nitrogen and oxygen atoms in total. The van der Waals surface area contributed by atoms with E-state index in [1.165, 1.54) is 62.6 Å². The maximum atomic E-state index is 14.1. The van der Waals surface area contributed by atoms with Gasteiger partial charge in [-0.2, -0.15) is 18.3 Å². The molecule has 2 unspecified atom stereocenters. The van der Waals surface area contributed by atoms with E-state index in [0.717, 1.165) is 52.9 Å². The Morgan fingerprint density at radius 1 is 0.978 bits per heavy atom. The molecule has 0 radical (unpaired) electrons. The van der Waals surface area contributed by atoms with Gasteiger partial charge in [0.2, 0.25) is 0 Å². The van der Waals surface area contributed by atoms with Crippen molar-refractivity contribution in [2.24, 2.45) is 23.7 Å². The van der Waals surface area contributed by atoms with Crippen LogP contribution in [0, 0.1) is 33.8 Å². The van der Waals surface area contributed by atoms with Crippen LogP contribution in [0.4, 0.5) is 24.7 Å². The Morgan fingerprint density at radius 2 is 1.69 bits per heavy atom. The second-order valence-electron chi connectivity index (χ2n) is 13.1. The van der Waals surface area contributed by atoms with E-state index >= 15 is 0 Å². The van der Waals surface area contributed by atoms with Crippen LogP contribution in [0.5, 0.6) is 0 Å². The van der Waals surface area contributed by atoms with E-state index in [0.29, 0.717) is 24.2 Å². The van der Waals surface area contributed by atoms with Crippen LogP contribution >= 0.6 is 0 Å². The minimum absolute atomic E-state index is 0.159. The number of nitrogens with zero attached hydrogens (tertiary/aromatic N) is 6. The van der Waals surface area contributed by atoms with Crippen molar-refractivity contribution < 1.29 is 18.1 Å². The van der Waals surface area contributed by atoms with Crippen LogP contribution in [0.15, 0.2) is 54.7 Å². The van der Waals surface area contributed by atoms with Gasteiger partial charge < -0.3 is 4.90 Å². The first-order valence-electron chi connectivity index (χ1n) is 15.9. The lowest BCUT2D eigenvalue weighted by Crippen LogP contribution is -2.17. The lowest BCUT2D eigenvalue weighted by molar-refractivity contribution is -0.384. The van der Waals surface area contributed by atoms with Crippen molar-refractivity contribution >= 4 is 22.4 Å². The van der Waals surface area contributed by atoms with Crippen LogP contribution in [0.2, 0.25) is 0 Å². The van der Waals surface area contributed by atoms with Gasteiger partial charge in [-0.25, -0.2) is 14.6 Å². The Morgan fingerprint density at radius 3 is 2.38 bits per heavy atom. The molecule has 0 bridgehead atoms. The van der Waals surface area contributed by atoms with Crippen molar-refractivity contribution in [3.8, 4) is 5.69 Å². The van der Waals surface area contributed by atoms with Gasteiger partial charge in [-0.15, -0.1) is 0 Å². The summed E-state index contributed by atoms with van der Waals surface area (Å²) < 4.78 is 43.3. The van der Waals surface area contributed by atoms with Crippen molar-refractivity contribution in [3.63, 3.8) is 0 Å². The highest BCUT2D eigenvalue weighted by Gasteiger charge is 2.43. The van der Waals surface area contributed by atoms with Crippen LogP contribution in [0.1, 0.15) is 68.4 Å². The third-order valence-corrected chi connectivity index (χ3v) is 9.64. The summed E-state index contributed by atoms with van der Waals surface area (Å²) >= 11 is 0. The molecule has 2 aromatic heterocycles. The van der Waals surface area contributed by atoms with E-state index in [-0.39, 0.29) is 22.9 Å². The number of aryl methyl sites for hydroxylation is 1. The number of nitro groups is 1. The average Bonchev–Trinajstić information content (AvgIpc) is 3.58. The largest absolute Gasteiger partial charge is 0.433 e. The number of hydrogen-bond acceptors (Lipinski definition) is 6. The Hall–Kier alpha value is -4.02. The fourth-order valence-corrected chi connectivity index (χ4v) is 7.17. The average molecular weight is 621 g/mol. The predicted molar refractivity (Wildman–Crippen MR) is 167 cm³/mol. The summed E-state index contributed by atoms with van der Waals surface area (Å²) in [7, 11) is 4.03. The number of alkyl halides is 3. The van der Waals surface area contributed by atoms with E-state index in [1.807, 2.05) is 37.2 Å². The molecule has 2 fully saturated rings. The van der Waals surface area contributed by atoms with Crippen LogP contribution in [-0.4, -0.2) is 38.8 Å². The smallest absolute Gasteiger partial charge is 0.362 e. The van der Waals surface area contributed by atoms with Gasteiger partial charge in [0.25, 0.3) is 5.69 Å². The molecule has 0 spiro atoms. The molecule has 2 saturated carbocycles. The van der Waals surface area contributed by atoms with Gasteiger partial charge in [0.05, 0.1) is 22.3 Å². The third-order valence-electron chi connectivity index (χ3n) is 9.64. The van der Waals surface area contributed by atoms with Gasteiger partial charge in [-0.05, 0) is 73.6 Å². The monoisotopic (exact) mass is 620 g/mol. The number of halogens is 3. The SMILES string of the molecule is CN(C)c1nc(CCCC2CCC(CC3CC3Cc3cnn(-c4ccc([N+](=O)[O-])cc4)c3C(F)(F)F)CC2)nc2ccccc12. The molecule has 0 N–H and O–H groups in total. The third kappa shape index (κ3) is 7.12. The van der Waals surface area contributed by atoms with Crippen LogP contribution in [0.25, 0.3) is 16.6 Å². The van der Waals surface area contributed by atoms with Crippen LogP contribution < -0.4 is 4.90 Å². The summed E-state index contributed by atoms with van der Waals surface area (Å²) in [5.74, 6) is 3.93. The number of non-ortho nitro benzene ring substituents is 1. The number of hydrogen-bond donors (Lipinski definition) is 0. The van der Waals surface area contributed by atoms with Gasteiger partial charge >= 0.3 is 6.18 Å². The van der Waals surface area contributed by atoms with Crippen molar-refractivity contribution in [1.29, 1.82) is 0 Å². The zero-order valence-corrected chi connectivity index (χ0v) is 25.7. The van der Waals surface area contributed by atoms with Crippen LogP contribution in [0.3, 0.4) is 0 Å². The number of nitro benzene ring substituents is 1. The molecule has 0 saturated heterocycles. The van der Waals surface area contributed by atoms with Crippen molar-refractivity contribution in [2.75, 3.05) is 19.0 Å². The molecule has 45 heavy (non-hydrogen) atoms. The van der Waals surface area contributed by atoms with Crippen molar-refractivity contribution in [1.82, 2.24) is 19.7 Å². The van der Waals surface area contributed by atoms with E-state index < -0.39 is 16.8 Å². The first kappa shape index (κ1) is 31.0. The molecule has 2 aliphatic carbocycles. The molecule has 11 heteroatoms.